The first kappa shape index (κ1) is 27.5. The molecule has 10 rings (SSSR count). The van der Waals surface area contributed by atoms with Crippen LogP contribution in [0.15, 0.2) is 146 Å². The van der Waals surface area contributed by atoms with Crippen LogP contribution in [0.5, 0.6) is 0 Å². The van der Waals surface area contributed by atoms with Gasteiger partial charge in [-0.3, -0.25) is 0 Å². The standard InChI is InChI=1S/C44H24N4S/c45-25-27-17-19-40-33(21-27)31-11-3-7-15-39(31)47(40)37-13-5-1-9-29(37)30-10-2-6-14-38(30)48-41-20-18-28(26-46)22-34(41)35-24-44-36(23-42(35)48)32-12-4-8-16-43(32)49-44/h1-24H. The van der Waals surface area contributed by atoms with Crippen LogP contribution < -0.4 is 0 Å². The second-order valence-electron chi connectivity index (χ2n) is 12.4. The topological polar surface area (TPSA) is 57.4 Å². The molecule has 0 aliphatic heterocycles. The summed E-state index contributed by atoms with van der Waals surface area (Å²) in [5.74, 6) is 0. The first-order chi connectivity index (χ1) is 24.2. The van der Waals surface area contributed by atoms with Crippen LogP contribution in [0.3, 0.4) is 0 Å². The van der Waals surface area contributed by atoms with Crippen molar-refractivity contribution in [2.75, 3.05) is 0 Å². The van der Waals surface area contributed by atoms with Gasteiger partial charge in [-0.25, -0.2) is 0 Å². The molecule has 0 atom stereocenters. The van der Waals surface area contributed by atoms with Crippen LogP contribution in [-0.4, -0.2) is 9.13 Å². The summed E-state index contributed by atoms with van der Waals surface area (Å²) in [5, 5.41) is 26.4. The van der Waals surface area contributed by atoms with E-state index in [0.717, 1.165) is 66.1 Å². The quantitative estimate of drug-likeness (QED) is 0.193. The van der Waals surface area contributed by atoms with Crippen LogP contribution in [0.4, 0.5) is 0 Å². The monoisotopic (exact) mass is 640 g/mol. The number of aromatic nitrogens is 2. The van der Waals surface area contributed by atoms with E-state index in [1.54, 1.807) is 0 Å². The molecule has 0 aliphatic carbocycles. The lowest BCUT2D eigenvalue weighted by atomic mass is 10.0. The Labute approximate surface area is 285 Å². The van der Waals surface area contributed by atoms with E-state index in [9.17, 15) is 10.5 Å². The van der Waals surface area contributed by atoms with Crippen molar-refractivity contribution >= 4 is 75.1 Å². The molecule has 10 aromatic rings. The lowest BCUT2D eigenvalue weighted by Gasteiger charge is -2.18. The largest absolute Gasteiger partial charge is 0.309 e. The zero-order chi connectivity index (χ0) is 32.6. The summed E-state index contributed by atoms with van der Waals surface area (Å²) in [6, 6.07) is 55.5. The fraction of sp³-hybridized carbons (Fsp3) is 0. The van der Waals surface area contributed by atoms with Crippen LogP contribution in [0, 0.1) is 22.7 Å². The van der Waals surface area contributed by atoms with Gasteiger partial charge in [0.1, 0.15) is 0 Å². The molecule has 0 N–H and O–H groups in total. The summed E-state index contributed by atoms with van der Waals surface area (Å²) in [6.45, 7) is 0. The van der Waals surface area contributed by atoms with Gasteiger partial charge in [-0.2, -0.15) is 10.5 Å². The van der Waals surface area contributed by atoms with Gasteiger partial charge in [0.25, 0.3) is 0 Å². The fourth-order valence-corrected chi connectivity index (χ4v) is 8.79. The fourth-order valence-electron chi connectivity index (χ4n) is 7.66. The number of para-hydroxylation sites is 3. The smallest absolute Gasteiger partial charge is 0.0991 e. The first-order valence-electron chi connectivity index (χ1n) is 16.1. The van der Waals surface area contributed by atoms with Crippen molar-refractivity contribution in [1.82, 2.24) is 9.13 Å². The lowest BCUT2D eigenvalue weighted by Crippen LogP contribution is -2.01. The van der Waals surface area contributed by atoms with Gasteiger partial charge in [0.05, 0.1) is 56.7 Å². The minimum Gasteiger partial charge on any atom is -0.309 e. The summed E-state index contributed by atoms with van der Waals surface area (Å²) in [4.78, 5) is 0. The molecule has 0 radical (unpaired) electrons. The van der Waals surface area contributed by atoms with Crippen LogP contribution >= 0.6 is 11.3 Å². The molecule has 0 bridgehead atoms. The van der Waals surface area contributed by atoms with E-state index >= 15 is 0 Å². The van der Waals surface area contributed by atoms with Crippen molar-refractivity contribution in [2.24, 2.45) is 0 Å². The molecule has 0 unspecified atom stereocenters. The van der Waals surface area contributed by atoms with Gasteiger partial charge in [0.15, 0.2) is 0 Å². The molecule has 4 nitrogen and oxygen atoms in total. The number of benzene rings is 7. The predicted octanol–water partition coefficient (Wildman–Crippen LogP) is 11.7. The van der Waals surface area contributed by atoms with Gasteiger partial charge in [0.2, 0.25) is 0 Å². The number of nitriles is 2. The second kappa shape index (κ2) is 10.4. The maximum Gasteiger partial charge on any atom is 0.0991 e. The molecule has 226 valence electrons. The molecule has 5 heteroatoms. The van der Waals surface area contributed by atoms with Crippen molar-refractivity contribution in [3.8, 4) is 34.6 Å². The van der Waals surface area contributed by atoms with Gasteiger partial charge in [-0.05, 0) is 72.8 Å². The van der Waals surface area contributed by atoms with E-state index < -0.39 is 0 Å². The third kappa shape index (κ3) is 3.95. The van der Waals surface area contributed by atoms with E-state index in [1.165, 1.54) is 20.2 Å². The maximum absolute atomic E-state index is 9.88. The average molecular weight is 641 g/mol. The molecule has 49 heavy (non-hydrogen) atoms. The number of fused-ring (bicyclic) bond motifs is 9. The number of nitrogens with zero attached hydrogens (tertiary/aromatic N) is 4. The summed E-state index contributed by atoms with van der Waals surface area (Å²) in [7, 11) is 0. The Morgan fingerprint density at radius 2 is 0.898 bits per heavy atom. The minimum atomic E-state index is 0.646. The van der Waals surface area contributed by atoms with Crippen LogP contribution in [0.25, 0.3) is 86.3 Å². The highest BCUT2D eigenvalue weighted by Crippen LogP contribution is 2.43. The van der Waals surface area contributed by atoms with Gasteiger partial charge < -0.3 is 9.13 Å². The predicted molar refractivity (Wildman–Crippen MR) is 203 cm³/mol. The Morgan fingerprint density at radius 3 is 1.57 bits per heavy atom. The molecule has 7 aromatic carbocycles. The Bertz CT molecular complexity index is 3090. The van der Waals surface area contributed by atoms with E-state index in [1.807, 2.05) is 35.6 Å². The Kier molecular flexibility index (Phi) is 5.84. The third-order valence-corrected chi connectivity index (χ3v) is 10.9. The highest BCUT2D eigenvalue weighted by Gasteiger charge is 2.21. The second-order valence-corrected chi connectivity index (χ2v) is 13.5. The maximum atomic E-state index is 9.88. The molecule has 3 heterocycles. The molecular weight excluding hydrogens is 617 g/mol. The zero-order valence-corrected chi connectivity index (χ0v) is 26.9. The Balaban J connectivity index is 1.30. The van der Waals surface area contributed by atoms with Gasteiger partial charge >= 0.3 is 0 Å². The lowest BCUT2D eigenvalue weighted by molar-refractivity contribution is 1.16. The summed E-state index contributed by atoms with van der Waals surface area (Å²) in [5.41, 5.74) is 9.90. The summed E-state index contributed by atoms with van der Waals surface area (Å²) < 4.78 is 7.19. The van der Waals surface area contributed by atoms with Crippen molar-refractivity contribution < 1.29 is 0 Å². The molecule has 0 saturated carbocycles. The third-order valence-electron chi connectivity index (χ3n) is 9.77. The van der Waals surface area contributed by atoms with E-state index in [2.05, 4.69) is 143 Å². The minimum absolute atomic E-state index is 0.646. The van der Waals surface area contributed by atoms with E-state index in [4.69, 9.17) is 0 Å². The zero-order valence-electron chi connectivity index (χ0n) is 26.1. The SMILES string of the molecule is N#Cc1ccc2c(c1)c1ccccc1n2-c1ccccc1-c1ccccc1-n1c2ccc(C#N)cc2c2cc3sc4ccccc4c3cc21. The number of rotatable bonds is 3. The first-order valence-corrected chi connectivity index (χ1v) is 17.0. The molecule has 0 saturated heterocycles. The van der Waals surface area contributed by atoms with Gasteiger partial charge in [-0.15, -0.1) is 11.3 Å². The van der Waals surface area contributed by atoms with Crippen molar-refractivity contribution in [1.29, 1.82) is 10.5 Å². The Morgan fingerprint density at radius 1 is 0.388 bits per heavy atom. The molecule has 3 aromatic heterocycles. The number of thiophene rings is 1. The molecule has 0 fully saturated rings. The van der Waals surface area contributed by atoms with Crippen molar-refractivity contribution in [3.63, 3.8) is 0 Å². The normalized spacial score (nSPS) is 11.6. The number of hydrogen-bond donors (Lipinski definition) is 0. The highest BCUT2D eigenvalue weighted by atomic mass is 32.1. The van der Waals surface area contributed by atoms with Crippen LogP contribution in [-0.2, 0) is 0 Å². The van der Waals surface area contributed by atoms with Crippen LogP contribution in [0.2, 0.25) is 0 Å². The average Bonchev–Trinajstić information content (AvgIpc) is 3.80. The van der Waals surface area contributed by atoms with Crippen LogP contribution in [0.1, 0.15) is 11.1 Å². The molecule has 0 spiro atoms. The van der Waals surface area contributed by atoms with E-state index in [0.29, 0.717) is 11.1 Å². The highest BCUT2D eigenvalue weighted by molar-refractivity contribution is 7.25. The Hall–Kier alpha value is -6.66. The van der Waals surface area contributed by atoms with Gasteiger partial charge in [-0.1, -0.05) is 72.8 Å². The summed E-state index contributed by atoms with van der Waals surface area (Å²) >= 11 is 1.81. The molecular formula is C44H24N4S. The molecule has 0 aliphatic rings. The summed E-state index contributed by atoms with van der Waals surface area (Å²) in [6.07, 6.45) is 0. The number of hydrogen-bond acceptors (Lipinski definition) is 3. The van der Waals surface area contributed by atoms with Crippen molar-refractivity contribution in [2.45, 2.75) is 0 Å². The van der Waals surface area contributed by atoms with Crippen molar-refractivity contribution in [3.05, 3.63) is 157 Å². The molecule has 0 amide bonds. The van der Waals surface area contributed by atoms with Gasteiger partial charge in [0, 0.05) is 52.8 Å². The van der Waals surface area contributed by atoms with E-state index in [-0.39, 0.29) is 0 Å².